The van der Waals surface area contributed by atoms with Crippen LogP contribution in [0.3, 0.4) is 0 Å². The largest absolute Gasteiger partial charge is 0.329 e. The van der Waals surface area contributed by atoms with Gasteiger partial charge in [0.1, 0.15) is 0 Å². The molecule has 0 amide bonds. The number of hydrogen-bond acceptors (Lipinski definition) is 2. The third kappa shape index (κ3) is 3.96. The molecule has 0 radical (unpaired) electrons. The van der Waals surface area contributed by atoms with E-state index in [9.17, 15) is 0 Å². The van der Waals surface area contributed by atoms with Crippen LogP contribution in [0.15, 0.2) is 0 Å². The number of nitrogens with two attached hydrogens (primary N) is 1. The molecule has 1 heterocycles. The van der Waals surface area contributed by atoms with Crippen LogP contribution in [0.1, 0.15) is 72.6 Å². The van der Waals surface area contributed by atoms with E-state index in [1.807, 2.05) is 0 Å². The number of piperidine rings is 1. The SMILES string of the molecule is CCCCCC(C)(CN)N1CCC(C)(CC)CC1. The third-order valence-electron chi connectivity index (χ3n) is 5.35. The Morgan fingerprint density at radius 1 is 1.17 bits per heavy atom. The smallest absolute Gasteiger partial charge is 0.0303 e. The molecule has 0 aromatic heterocycles. The zero-order valence-electron chi connectivity index (χ0n) is 13.1. The van der Waals surface area contributed by atoms with Crippen LogP contribution in [0.5, 0.6) is 0 Å². The van der Waals surface area contributed by atoms with Crippen molar-refractivity contribution in [2.24, 2.45) is 11.1 Å². The molecule has 0 saturated carbocycles. The van der Waals surface area contributed by atoms with Crippen LogP contribution in [-0.2, 0) is 0 Å². The summed E-state index contributed by atoms with van der Waals surface area (Å²) in [5, 5.41) is 0. The molecular weight excluding hydrogens is 220 g/mol. The highest BCUT2D eigenvalue weighted by Gasteiger charge is 2.36. The van der Waals surface area contributed by atoms with E-state index >= 15 is 0 Å². The summed E-state index contributed by atoms with van der Waals surface area (Å²) in [7, 11) is 0. The fraction of sp³-hybridized carbons (Fsp3) is 1.00. The maximum Gasteiger partial charge on any atom is 0.0303 e. The minimum Gasteiger partial charge on any atom is -0.329 e. The van der Waals surface area contributed by atoms with Crippen molar-refractivity contribution in [3.05, 3.63) is 0 Å². The Kier molecular flexibility index (Phi) is 6.13. The van der Waals surface area contributed by atoms with Gasteiger partial charge in [-0.15, -0.1) is 0 Å². The van der Waals surface area contributed by atoms with Crippen LogP contribution in [0.2, 0.25) is 0 Å². The summed E-state index contributed by atoms with van der Waals surface area (Å²) in [5.74, 6) is 0. The van der Waals surface area contributed by atoms with Crippen LogP contribution in [0.4, 0.5) is 0 Å². The number of likely N-dealkylation sites (tertiary alicyclic amines) is 1. The molecule has 0 aliphatic carbocycles. The molecule has 18 heavy (non-hydrogen) atoms. The van der Waals surface area contributed by atoms with E-state index in [0.717, 1.165) is 6.54 Å². The Morgan fingerprint density at radius 2 is 1.78 bits per heavy atom. The molecule has 0 spiro atoms. The molecule has 1 fully saturated rings. The zero-order valence-corrected chi connectivity index (χ0v) is 13.1. The lowest BCUT2D eigenvalue weighted by Crippen LogP contribution is -2.55. The van der Waals surface area contributed by atoms with E-state index in [1.165, 1.54) is 58.0 Å². The molecule has 1 saturated heterocycles. The van der Waals surface area contributed by atoms with Gasteiger partial charge >= 0.3 is 0 Å². The van der Waals surface area contributed by atoms with Crippen molar-refractivity contribution in [2.45, 2.75) is 78.2 Å². The van der Waals surface area contributed by atoms with Gasteiger partial charge in [-0.05, 0) is 44.7 Å². The van der Waals surface area contributed by atoms with Crippen molar-refractivity contribution in [3.8, 4) is 0 Å². The maximum atomic E-state index is 6.08. The van der Waals surface area contributed by atoms with Gasteiger partial charge in [-0.1, -0.05) is 46.5 Å². The van der Waals surface area contributed by atoms with Gasteiger partial charge in [-0.25, -0.2) is 0 Å². The minimum atomic E-state index is 0.240. The standard InChI is InChI=1S/C16H34N2/c1-5-7-8-9-16(4,14-17)18-12-10-15(3,6-2)11-13-18/h5-14,17H2,1-4H3. The van der Waals surface area contributed by atoms with Gasteiger partial charge in [0.2, 0.25) is 0 Å². The summed E-state index contributed by atoms with van der Waals surface area (Å²) < 4.78 is 0. The Morgan fingerprint density at radius 3 is 2.22 bits per heavy atom. The second-order valence-electron chi connectivity index (χ2n) is 6.81. The highest BCUT2D eigenvalue weighted by Crippen LogP contribution is 2.37. The zero-order chi connectivity index (χ0) is 13.6. The molecule has 1 atom stereocenters. The van der Waals surface area contributed by atoms with Crippen LogP contribution < -0.4 is 5.73 Å². The lowest BCUT2D eigenvalue weighted by Gasteiger charge is -2.47. The van der Waals surface area contributed by atoms with Crippen LogP contribution >= 0.6 is 0 Å². The molecule has 2 N–H and O–H groups in total. The molecule has 1 rings (SSSR count). The van der Waals surface area contributed by atoms with Gasteiger partial charge in [0.15, 0.2) is 0 Å². The number of nitrogens with zero attached hydrogens (tertiary/aromatic N) is 1. The third-order valence-corrected chi connectivity index (χ3v) is 5.35. The van der Waals surface area contributed by atoms with Crippen LogP contribution in [-0.4, -0.2) is 30.1 Å². The monoisotopic (exact) mass is 254 g/mol. The second-order valence-corrected chi connectivity index (χ2v) is 6.81. The van der Waals surface area contributed by atoms with Crippen molar-refractivity contribution in [2.75, 3.05) is 19.6 Å². The maximum absolute atomic E-state index is 6.08. The van der Waals surface area contributed by atoms with Gasteiger partial charge in [-0.2, -0.15) is 0 Å². The molecule has 1 unspecified atom stereocenters. The minimum absolute atomic E-state index is 0.240. The first-order chi connectivity index (χ1) is 8.49. The quantitative estimate of drug-likeness (QED) is 0.700. The Balaban J connectivity index is 2.51. The second kappa shape index (κ2) is 6.91. The summed E-state index contributed by atoms with van der Waals surface area (Å²) in [4.78, 5) is 2.67. The molecule has 108 valence electrons. The molecule has 1 aliphatic heterocycles. The van der Waals surface area contributed by atoms with E-state index in [0.29, 0.717) is 5.41 Å². The molecule has 2 heteroatoms. The van der Waals surface area contributed by atoms with Crippen molar-refractivity contribution in [1.82, 2.24) is 4.90 Å². The predicted molar refractivity (Wildman–Crippen MR) is 80.8 cm³/mol. The topological polar surface area (TPSA) is 29.3 Å². The average Bonchev–Trinajstić information content (AvgIpc) is 2.39. The van der Waals surface area contributed by atoms with Gasteiger partial charge < -0.3 is 5.73 Å². The highest BCUT2D eigenvalue weighted by atomic mass is 15.2. The van der Waals surface area contributed by atoms with E-state index in [-0.39, 0.29) is 5.54 Å². The fourth-order valence-electron chi connectivity index (χ4n) is 3.09. The predicted octanol–water partition coefficient (Wildman–Crippen LogP) is 3.80. The Hall–Kier alpha value is -0.0800. The first kappa shape index (κ1) is 16.0. The number of rotatable bonds is 7. The number of unbranched alkanes of at least 4 members (excludes halogenated alkanes) is 2. The molecule has 0 aromatic carbocycles. The van der Waals surface area contributed by atoms with Gasteiger partial charge in [0.05, 0.1) is 0 Å². The summed E-state index contributed by atoms with van der Waals surface area (Å²) in [5.41, 5.74) is 6.90. The number of hydrogen-bond donors (Lipinski definition) is 1. The van der Waals surface area contributed by atoms with Crippen LogP contribution in [0.25, 0.3) is 0 Å². The highest BCUT2D eigenvalue weighted by molar-refractivity contribution is 4.92. The molecule has 1 aliphatic rings. The normalized spacial score (nSPS) is 23.8. The van der Waals surface area contributed by atoms with Crippen molar-refractivity contribution < 1.29 is 0 Å². The average molecular weight is 254 g/mol. The Labute approximate surface area is 114 Å². The lowest BCUT2D eigenvalue weighted by molar-refractivity contribution is 0.0285. The Bertz CT molecular complexity index is 231. The summed E-state index contributed by atoms with van der Waals surface area (Å²) in [6.07, 6.45) is 9.23. The first-order valence-electron chi connectivity index (χ1n) is 7.95. The van der Waals surface area contributed by atoms with Crippen LogP contribution in [0, 0.1) is 5.41 Å². The molecule has 2 nitrogen and oxygen atoms in total. The summed E-state index contributed by atoms with van der Waals surface area (Å²) >= 11 is 0. The van der Waals surface area contributed by atoms with Crippen molar-refractivity contribution >= 4 is 0 Å². The summed E-state index contributed by atoms with van der Waals surface area (Å²) in [6.45, 7) is 12.7. The van der Waals surface area contributed by atoms with Gasteiger partial charge in [0.25, 0.3) is 0 Å². The van der Waals surface area contributed by atoms with E-state index in [1.54, 1.807) is 0 Å². The van der Waals surface area contributed by atoms with Gasteiger partial charge in [-0.3, -0.25) is 4.90 Å². The fourth-order valence-corrected chi connectivity index (χ4v) is 3.09. The van der Waals surface area contributed by atoms with E-state index in [4.69, 9.17) is 5.73 Å². The van der Waals surface area contributed by atoms with E-state index in [2.05, 4.69) is 32.6 Å². The summed E-state index contributed by atoms with van der Waals surface area (Å²) in [6, 6.07) is 0. The molecule has 0 aromatic rings. The first-order valence-corrected chi connectivity index (χ1v) is 7.95. The van der Waals surface area contributed by atoms with E-state index < -0.39 is 0 Å². The lowest BCUT2D eigenvalue weighted by atomic mass is 9.76. The van der Waals surface area contributed by atoms with Gasteiger partial charge in [0, 0.05) is 12.1 Å². The van der Waals surface area contributed by atoms with Crippen molar-refractivity contribution in [3.63, 3.8) is 0 Å². The molecule has 0 bridgehead atoms. The van der Waals surface area contributed by atoms with Crippen molar-refractivity contribution in [1.29, 1.82) is 0 Å². The molecular formula is C16H34N2.